The minimum atomic E-state index is -0.442. The number of aromatic nitrogens is 3. The summed E-state index contributed by atoms with van der Waals surface area (Å²) in [5.74, 6) is 0.219. The Hall–Kier alpha value is -2.92. The molecule has 0 unspecified atom stereocenters. The fraction of sp³-hybridized carbons (Fsp3) is 0. The van der Waals surface area contributed by atoms with Gasteiger partial charge in [-0.05, 0) is 29.8 Å². The van der Waals surface area contributed by atoms with Crippen molar-refractivity contribution in [3.05, 3.63) is 85.2 Å². The summed E-state index contributed by atoms with van der Waals surface area (Å²) in [6, 6.07) is 14.1. The van der Waals surface area contributed by atoms with Gasteiger partial charge in [-0.3, -0.25) is 9.59 Å². The molecule has 4 aromatic rings. The van der Waals surface area contributed by atoms with Crippen molar-refractivity contribution < 1.29 is 0 Å². The van der Waals surface area contributed by atoms with Gasteiger partial charge < -0.3 is 4.98 Å². The number of imidazole rings is 1. The van der Waals surface area contributed by atoms with Crippen LogP contribution in [0.3, 0.4) is 0 Å². The van der Waals surface area contributed by atoms with Gasteiger partial charge in [0, 0.05) is 5.02 Å². The van der Waals surface area contributed by atoms with Gasteiger partial charge in [0.05, 0.1) is 10.9 Å². The first-order valence-corrected chi connectivity index (χ1v) is 7.33. The van der Waals surface area contributed by atoms with E-state index >= 15 is 0 Å². The topological polar surface area (TPSA) is 67.2 Å². The second-order valence-corrected chi connectivity index (χ2v) is 5.51. The summed E-state index contributed by atoms with van der Waals surface area (Å²) in [4.78, 5) is 32.3. The summed E-state index contributed by atoms with van der Waals surface area (Å²) in [5, 5.41) is 1.19. The minimum absolute atomic E-state index is 0.219. The van der Waals surface area contributed by atoms with Gasteiger partial charge in [0.15, 0.2) is 0 Å². The van der Waals surface area contributed by atoms with E-state index in [-0.39, 0.29) is 16.7 Å². The van der Waals surface area contributed by atoms with E-state index < -0.39 is 5.56 Å². The number of nitrogens with zero attached hydrogens (tertiary/aromatic N) is 2. The van der Waals surface area contributed by atoms with E-state index in [0.717, 1.165) is 4.40 Å². The molecule has 6 heteroatoms. The van der Waals surface area contributed by atoms with Crippen LogP contribution in [0.1, 0.15) is 5.56 Å². The Bertz CT molecular complexity index is 1220. The van der Waals surface area contributed by atoms with Gasteiger partial charge in [-0.2, -0.15) is 0 Å². The number of H-pyrrole nitrogens is 1. The Morgan fingerprint density at radius 3 is 2.57 bits per heavy atom. The Balaban J connectivity index is 2.12. The molecule has 0 aliphatic rings. The van der Waals surface area contributed by atoms with Gasteiger partial charge >= 0.3 is 0 Å². The number of hydrogen-bond donors (Lipinski definition) is 1. The quantitative estimate of drug-likeness (QED) is 0.580. The highest BCUT2D eigenvalue weighted by molar-refractivity contribution is 6.32. The molecule has 0 aliphatic carbocycles. The zero-order chi connectivity index (χ0) is 16.0. The molecule has 0 atom stereocenters. The van der Waals surface area contributed by atoms with Crippen LogP contribution in [0.2, 0.25) is 5.02 Å². The van der Waals surface area contributed by atoms with Crippen LogP contribution in [0, 0.1) is 0 Å². The molecule has 1 N–H and O–H groups in total. The second kappa shape index (κ2) is 5.07. The summed E-state index contributed by atoms with van der Waals surface area (Å²) in [6.07, 6.45) is 1.61. The van der Waals surface area contributed by atoms with Crippen LogP contribution in [0.25, 0.3) is 22.8 Å². The predicted molar refractivity (Wildman–Crippen MR) is 89.8 cm³/mol. The maximum atomic E-state index is 12.5. The van der Waals surface area contributed by atoms with Crippen molar-refractivity contribution in [1.82, 2.24) is 14.4 Å². The van der Waals surface area contributed by atoms with E-state index in [0.29, 0.717) is 21.5 Å². The molecule has 0 saturated carbocycles. The Morgan fingerprint density at radius 1 is 1.00 bits per heavy atom. The number of halogens is 1. The Kier molecular flexibility index (Phi) is 3.02. The number of benzene rings is 2. The average molecular weight is 324 g/mol. The van der Waals surface area contributed by atoms with Gasteiger partial charge in [0.25, 0.3) is 11.1 Å². The number of rotatable bonds is 1. The first-order chi connectivity index (χ1) is 11.1. The Morgan fingerprint density at radius 2 is 1.74 bits per heavy atom. The third-order valence-corrected chi connectivity index (χ3v) is 4.00. The maximum Gasteiger partial charge on any atom is 0.284 e. The lowest BCUT2D eigenvalue weighted by Gasteiger charge is -1.96. The van der Waals surface area contributed by atoms with E-state index in [1.807, 2.05) is 12.1 Å². The van der Waals surface area contributed by atoms with Gasteiger partial charge in [0.1, 0.15) is 5.35 Å². The number of para-hydroxylation sites is 1. The van der Waals surface area contributed by atoms with Crippen molar-refractivity contribution in [1.29, 1.82) is 0 Å². The van der Waals surface area contributed by atoms with Crippen LogP contribution in [0.5, 0.6) is 0 Å². The van der Waals surface area contributed by atoms with Crippen molar-refractivity contribution in [2.45, 2.75) is 0 Å². The first kappa shape index (κ1) is 13.7. The summed E-state index contributed by atoms with van der Waals surface area (Å²) in [6.45, 7) is 0. The van der Waals surface area contributed by atoms with Gasteiger partial charge in [0.2, 0.25) is 5.78 Å². The molecule has 5 nitrogen and oxygen atoms in total. The molecule has 0 spiro atoms. The molecule has 2 aromatic heterocycles. The highest BCUT2D eigenvalue weighted by Gasteiger charge is 2.10. The Labute approximate surface area is 134 Å². The molecule has 4 rings (SSSR count). The fourth-order valence-electron chi connectivity index (χ4n) is 2.54. The van der Waals surface area contributed by atoms with Crippen molar-refractivity contribution >= 4 is 34.4 Å². The highest BCUT2D eigenvalue weighted by atomic mass is 35.5. The van der Waals surface area contributed by atoms with Crippen LogP contribution in [0.4, 0.5) is 0 Å². The van der Waals surface area contributed by atoms with Gasteiger partial charge in [-0.15, -0.1) is 0 Å². The molecule has 0 amide bonds. The van der Waals surface area contributed by atoms with E-state index in [1.165, 1.54) is 0 Å². The standard InChI is InChI=1S/C17H10ClN3O2/c18-12-7-3-1-5-10(12)9-14-16(23)21-15(22)11-6-2-4-8-13(11)19-17(21)20-14/h1-9H,(H,19,20)/b14-9+. The molecule has 2 aromatic carbocycles. The van der Waals surface area contributed by atoms with Crippen molar-refractivity contribution in [2.75, 3.05) is 0 Å². The van der Waals surface area contributed by atoms with Crippen LogP contribution >= 0.6 is 11.6 Å². The number of nitrogens with one attached hydrogen (secondary N) is 1. The molecule has 0 bridgehead atoms. The van der Waals surface area contributed by atoms with Gasteiger partial charge in [-0.1, -0.05) is 41.9 Å². The maximum absolute atomic E-state index is 12.5. The normalized spacial score (nSPS) is 12.3. The summed E-state index contributed by atoms with van der Waals surface area (Å²) >= 11 is 6.11. The molecule has 2 heterocycles. The van der Waals surface area contributed by atoms with E-state index in [4.69, 9.17) is 11.6 Å². The van der Waals surface area contributed by atoms with Crippen LogP contribution in [-0.4, -0.2) is 14.4 Å². The molecule has 112 valence electrons. The van der Waals surface area contributed by atoms with E-state index in [2.05, 4.69) is 9.97 Å². The molecule has 0 radical (unpaired) electrons. The monoisotopic (exact) mass is 323 g/mol. The molecular weight excluding hydrogens is 314 g/mol. The predicted octanol–water partition coefficient (Wildman–Crippen LogP) is 1.74. The highest BCUT2D eigenvalue weighted by Crippen LogP contribution is 2.14. The number of fused-ring (bicyclic) bond motifs is 2. The van der Waals surface area contributed by atoms with E-state index in [9.17, 15) is 9.59 Å². The smallest absolute Gasteiger partial charge is 0.284 e. The zero-order valence-corrected chi connectivity index (χ0v) is 12.5. The van der Waals surface area contributed by atoms with Crippen molar-refractivity contribution in [2.24, 2.45) is 0 Å². The lowest BCUT2D eigenvalue weighted by Crippen LogP contribution is -2.31. The summed E-state index contributed by atoms with van der Waals surface area (Å²) in [5.41, 5.74) is 0.410. The SMILES string of the molecule is O=c1/c(=C\c2ccccc2Cl)[nH]c2nc3ccccc3c(=O)n12. The third kappa shape index (κ3) is 2.13. The zero-order valence-electron chi connectivity index (χ0n) is 11.8. The molecular formula is C17H10ClN3O2. The van der Waals surface area contributed by atoms with Crippen molar-refractivity contribution in [3.8, 4) is 0 Å². The van der Waals surface area contributed by atoms with Crippen molar-refractivity contribution in [3.63, 3.8) is 0 Å². The van der Waals surface area contributed by atoms with Crippen LogP contribution in [-0.2, 0) is 0 Å². The molecule has 0 aliphatic heterocycles. The third-order valence-electron chi connectivity index (χ3n) is 3.66. The second-order valence-electron chi connectivity index (χ2n) is 5.10. The first-order valence-electron chi connectivity index (χ1n) is 6.95. The van der Waals surface area contributed by atoms with Gasteiger partial charge in [-0.25, -0.2) is 9.38 Å². The molecule has 0 fully saturated rings. The fourth-order valence-corrected chi connectivity index (χ4v) is 2.74. The molecule has 0 saturated heterocycles. The average Bonchev–Trinajstić information content (AvgIpc) is 2.86. The molecule has 23 heavy (non-hydrogen) atoms. The lowest BCUT2D eigenvalue weighted by molar-refractivity contribution is 1.05. The summed E-state index contributed by atoms with van der Waals surface area (Å²) in [7, 11) is 0. The number of aromatic amines is 1. The largest absolute Gasteiger partial charge is 0.320 e. The lowest BCUT2D eigenvalue weighted by atomic mass is 10.2. The number of hydrogen-bond acceptors (Lipinski definition) is 3. The summed E-state index contributed by atoms with van der Waals surface area (Å²) < 4.78 is 1.05. The minimum Gasteiger partial charge on any atom is -0.320 e. The van der Waals surface area contributed by atoms with Crippen LogP contribution in [0.15, 0.2) is 58.1 Å². The van der Waals surface area contributed by atoms with E-state index in [1.54, 1.807) is 42.5 Å². The van der Waals surface area contributed by atoms with Crippen LogP contribution < -0.4 is 16.5 Å².